The van der Waals surface area contributed by atoms with Crippen LogP contribution in [-0.2, 0) is 6.54 Å². The van der Waals surface area contributed by atoms with Crippen molar-refractivity contribution in [3.63, 3.8) is 0 Å². The van der Waals surface area contributed by atoms with Gasteiger partial charge in [0.05, 0.1) is 4.92 Å². The summed E-state index contributed by atoms with van der Waals surface area (Å²) >= 11 is 4.97. The van der Waals surface area contributed by atoms with Crippen molar-refractivity contribution in [2.45, 2.75) is 16.3 Å². The molecule has 0 aromatic heterocycles. The van der Waals surface area contributed by atoms with Crippen LogP contribution in [0.2, 0.25) is 0 Å². The van der Waals surface area contributed by atoms with Crippen molar-refractivity contribution in [3.05, 3.63) is 62.6 Å². The first-order valence-corrected chi connectivity index (χ1v) is 7.12. The van der Waals surface area contributed by atoms with Gasteiger partial charge in [0.25, 0.3) is 5.69 Å². The van der Waals surface area contributed by atoms with E-state index in [4.69, 9.17) is 5.73 Å². The molecule has 0 saturated carbocycles. The van der Waals surface area contributed by atoms with Gasteiger partial charge in [-0.05, 0) is 29.8 Å². The highest BCUT2D eigenvalue weighted by molar-refractivity contribution is 9.10. The summed E-state index contributed by atoms with van der Waals surface area (Å²) in [5.74, 6) is 0. The molecule has 0 atom stereocenters. The second kappa shape index (κ2) is 6.18. The number of nitro benzene ring substituents is 1. The second-order valence-corrected chi connectivity index (χ2v) is 5.84. The Balaban J connectivity index is 2.25. The van der Waals surface area contributed by atoms with Gasteiger partial charge in [-0.15, -0.1) is 0 Å². The van der Waals surface area contributed by atoms with Gasteiger partial charge in [-0.2, -0.15) is 0 Å². The van der Waals surface area contributed by atoms with Crippen LogP contribution in [0.25, 0.3) is 0 Å². The van der Waals surface area contributed by atoms with Gasteiger partial charge in [-0.1, -0.05) is 33.8 Å². The maximum Gasteiger partial charge on any atom is 0.269 e. The van der Waals surface area contributed by atoms with Gasteiger partial charge in [-0.25, -0.2) is 0 Å². The van der Waals surface area contributed by atoms with Crippen molar-refractivity contribution >= 4 is 33.4 Å². The Bertz CT molecular complexity index is 602. The summed E-state index contributed by atoms with van der Waals surface area (Å²) in [5.41, 5.74) is 6.84. The first-order chi connectivity index (χ1) is 9.10. The minimum absolute atomic E-state index is 0.0950. The van der Waals surface area contributed by atoms with E-state index in [1.54, 1.807) is 23.9 Å². The molecule has 0 heterocycles. The minimum Gasteiger partial charge on any atom is -0.326 e. The molecule has 2 aromatic carbocycles. The van der Waals surface area contributed by atoms with Crippen molar-refractivity contribution in [1.29, 1.82) is 0 Å². The summed E-state index contributed by atoms with van der Waals surface area (Å²) < 4.78 is 0.981. The number of halogens is 1. The number of rotatable bonds is 4. The molecule has 98 valence electrons. The highest BCUT2D eigenvalue weighted by atomic mass is 79.9. The average molecular weight is 339 g/mol. The lowest BCUT2D eigenvalue weighted by Crippen LogP contribution is -1.98. The van der Waals surface area contributed by atoms with E-state index < -0.39 is 4.92 Å². The van der Waals surface area contributed by atoms with Crippen LogP contribution in [0, 0.1) is 10.1 Å². The first-order valence-electron chi connectivity index (χ1n) is 5.51. The normalized spacial score (nSPS) is 10.4. The Kier molecular flexibility index (Phi) is 4.57. The molecule has 0 spiro atoms. The molecule has 0 fully saturated rings. The van der Waals surface area contributed by atoms with Gasteiger partial charge >= 0.3 is 0 Å². The number of hydrogen-bond donors (Lipinski definition) is 1. The Morgan fingerprint density at radius 2 is 1.89 bits per heavy atom. The van der Waals surface area contributed by atoms with Crippen molar-refractivity contribution < 1.29 is 4.92 Å². The Morgan fingerprint density at radius 1 is 1.21 bits per heavy atom. The quantitative estimate of drug-likeness (QED) is 0.676. The van der Waals surface area contributed by atoms with E-state index in [0.717, 1.165) is 19.8 Å². The third kappa shape index (κ3) is 3.56. The molecular formula is C13H11BrN2O2S. The highest BCUT2D eigenvalue weighted by Gasteiger charge is 2.07. The number of non-ortho nitro benzene ring substituents is 1. The van der Waals surface area contributed by atoms with Gasteiger partial charge in [0, 0.05) is 32.9 Å². The molecule has 0 aliphatic rings. The Morgan fingerprint density at radius 3 is 2.47 bits per heavy atom. The third-order valence-corrected chi connectivity index (χ3v) is 4.13. The highest BCUT2D eigenvalue weighted by Crippen LogP contribution is 2.33. The van der Waals surface area contributed by atoms with Crippen LogP contribution in [0.1, 0.15) is 5.56 Å². The summed E-state index contributed by atoms with van der Waals surface area (Å²) in [6.45, 7) is 0.461. The zero-order valence-electron chi connectivity index (χ0n) is 9.88. The largest absolute Gasteiger partial charge is 0.326 e. The van der Waals surface area contributed by atoms with E-state index in [1.165, 1.54) is 12.1 Å². The topological polar surface area (TPSA) is 69.2 Å². The number of nitro groups is 1. The number of benzene rings is 2. The van der Waals surface area contributed by atoms with Crippen LogP contribution < -0.4 is 5.73 Å². The molecule has 2 rings (SSSR count). The van der Waals surface area contributed by atoms with E-state index in [0.29, 0.717) is 6.54 Å². The van der Waals surface area contributed by atoms with Gasteiger partial charge in [0.2, 0.25) is 0 Å². The van der Waals surface area contributed by atoms with Gasteiger partial charge in [-0.3, -0.25) is 10.1 Å². The van der Waals surface area contributed by atoms with Crippen LogP contribution in [0.4, 0.5) is 5.69 Å². The van der Waals surface area contributed by atoms with Gasteiger partial charge in [0.15, 0.2) is 0 Å². The van der Waals surface area contributed by atoms with Crippen LogP contribution >= 0.6 is 27.7 Å². The third-order valence-electron chi connectivity index (χ3n) is 2.52. The van der Waals surface area contributed by atoms with Crippen LogP contribution in [0.5, 0.6) is 0 Å². The van der Waals surface area contributed by atoms with E-state index in [9.17, 15) is 10.1 Å². The molecule has 0 bridgehead atoms. The summed E-state index contributed by atoms with van der Waals surface area (Å²) in [6, 6.07) is 12.4. The zero-order chi connectivity index (χ0) is 13.8. The predicted molar refractivity (Wildman–Crippen MR) is 79.3 cm³/mol. The fourth-order valence-corrected chi connectivity index (χ4v) is 3.06. The molecular weight excluding hydrogens is 328 g/mol. The molecule has 6 heteroatoms. The lowest BCUT2D eigenvalue weighted by atomic mass is 10.2. The average Bonchev–Trinajstić information content (AvgIpc) is 2.39. The van der Waals surface area contributed by atoms with E-state index in [2.05, 4.69) is 15.9 Å². The van der Waals surface area contributed by atoms with Crippen LogP contribution in [0.15, 0.2) is 56.7 Å². The lowest BCUT2D eigenvalue weighted by Gasteiger charge is -2.08. The van der Waals surface area contributed by atoms with Gasteiger partial charge in [0.1, 0.15) is 0 Å². The first kappa shape index (κ1) is 14.0. The monoisotopic (exact) mass is 338 g/mol. The summed E-state index contributed by atoms with van der Waals surface area (Å²) in [7, 11) is 0. The number of nitrogens with zero attached hydrogens (tertiary/aromatic N) is 1. The molecule has 0 radical (unpaired) electrons. The van der Waals surface area contributed by atoms with E-state index in [1.807, 2.05) is 18.2 Å². The minimum atomic E-state index is -0.404. The number of nitrogens with two attached hydrogens (primary N) is 1. The SMILES string of the molecule is NCc1ccc(Br)cc1Sc1ccc([N+](=O)[O-])cc1. The second-order valence-electron chi connectivity index (χ2n) is 3.81. The summed E-state index contributed by atoms with van der Waals surface area (Å²) in [5, 5.41) is 10.6. The van der Waals surface area contributed by atoms with Crippen LogP contribution in [-0.4, -0.2) is 4.92 Å². The maximum atomic E-state index is 10.6. The molecule has 2 N–H and O–H groups in total. The Hall–Kier alpha value is -1.37. The fourth-order valence-electron chi connectivity index (χ4n) is 1.55. The van der Waals surface area contributed by atoms with Crippen molar-refractivity contribution in [2.24, 2.45) is 5.73 Å². The molecule has 0 unspecified atom stereocenters. The maximum absolute atomic E-state index is 10.6. The smallest absolute Gasteiger partial charge is 0.269 e. The zero-order valence-corrected chi connectivity index (χ0v) is 12.3. The molecule has 4 nitrogen and oxygen atoms in total. The Labute approximate surface area is 123 Å². The van der Waals surface area contributed by atoms with Gasteiger partial charge < -0.3 is 5.73 Å². The standard InChI is InChI=1S/C13H11BrN2O2S/c14-10-2-1-9(8-15)13(7-10)19-12-5-3-11(4-6-12)16(17)18/h1-7H,8,15H2. The van der Waals surface area contributed by atoms with E-state index >= 15 is 0 Å². The molecule has 0 aliphatic heterocycles. The van der Waals surface area contributed by atoms with E-state index in [-0.39, 0.29) is 5.69 Å². The van der Waals surface area contributed by atoms with Crippen molar-refractivity contribution in [2.75, 3.05) is 0 Å². The molecule has 19 heavy (non-hydrogen) atoms. The molecule has 2 aromatic rings. The molecule has 0 aliphatic carbocycles. The predicted octanol–water partition coefficient (Wildman–Crippen LogP) is 3.97. The summed E-state index contributed by atoms with van der Waals surface area (Å²) in [4.78, 5) is 12.2. The lowest BCUT2D eigenvalue weighted by molar-refractivity contribution is -0.384. The fraction of sp³-hybridized carbons (Fsp3) is 0.0769. The van der Waals surface area contributed by atoms with Crippen LogP contribution in [0.3, 0.4) is 0 Å². The van der Waals surface area contributed by atoms with Crippen molar-refractivity contribution in [3.8, 4) is 0 Å². The molecule has 0 saturated heterocycles. The summed E-state index contributed by atoms with van der Waals surface area (Å²) in [6.07, 6.45) is 0. The number of hydrogen-bond acceptors (Lipinski definition) is 4. The molecule has 0 amide bonds. The van der Waals surface area contributed by atoms with Crippen molar-refractivity contribution in [1.82, 2.24) is 0 Å².